The lowest BCUT2D eigenvalue weighted by Gasteiger charge is -2.09. The lowest BCUT2D eigenvalue weighted by molar-refractivity contribution is 0.601. The van der Waals surface area contributed by atoms with Crippen molar-refractivity contribution in [3.05, 3.63) is 54.4 Å². The van der Waals surface area contributed by atoms with Gasteiger partial charge in [-0.05, 0) is 36.8 Å². The van der Waals surface area contributed by atoms with Gasteiger partial charge < -0.3 is 5.73 Å². The first kappa shape index (κ1) is 13.5. The Hall–Kier alpha value is -1.92. The van der Waals surface area contributed by atoms with Gasteiger partial charge in [-0.15, -0.1) is 0 Å². The average molecular weight is 277 g/mol. The van der Waals surface area contributed by atoms with Crippen LogP contribution in [0, 0.1) is 0 Å². The predicted molar refractivity (Wildman–Crippen MR) is 74.1 cm³/mol. The molecule has 0 spiro atoms. The van der Waals surface area contributed by atoms with Crippen molar-refractivity contribution in [1.29, 1.82) is 0 Å². The molecule has 0 saturated heterocycles. The summed E-state index contributed by atoms with van der Waals surface area (Å²) in [4.78, 5) is 4.05. The monoisotopic (exact) mass is 277 g/mol. The van der Waals surface area contributed by atoms with E-state index in [1.807, 2.05) is 6.92 Å². The Morgan fingerprint density at radius 2 is 1.89 bits per heavy atom. The van der Waals surface area contributed by atoms with Crippen LogP contribution in [0.2, 0.25) is 0 Å². The van der Waals surface area contributed by atoms with Gasteiger partial charge in [0.15, 0.2) is 0 Å². The molecule has 1 unspecified atom stereocenters. The van der Waals surface area contributed by atoms with Crippen molar-refractivity contribution in [2.45, 2.75) is 17.9 Å². The van der Waals surface area contributed by atoms with Crippen LogP contribution in [-0.2, 0) is 10.0 Å². The number of nitrogens with two attached hydrogens (primary N) is 1. The first-order valence-electron chi connectivity index (χ1n) is 5.77. The third-order valence-corrected chi connectivity index (χ3v) is 4.03. The summed E-state index contributed by atoms with van der Waals surface area (Å²) < 4.78 is 26.7. The summed E-state index contributed by atoms with van der Waals surface area (Å²) in [6.07, 6.45) is 3.03. The normalized spacial score (nSPS) is 12.9. The van der Waals surface area contributed by atoms with E-state index < -0.39 is 10.0 Å². The third-order valence-electron chi connectivity index (χ3n) is 2.63. The summed E-state index contributed by atoms with van der Waals surface area (Å²) in [7, 11) is -3.59. The molecule has 0 fully saturated rings. The molecule has 100 valence electrons. The molecule has 0 radical (unpaired) electrons. The van der Waals surface area contributed by atoms with Crippen molar-refractivity contribution >= 4 is 15.7 Å². The summed E-state index contributed by atoms with van der Waals surface area (Å²) >= 11 is 0. The van der Waals surface area contributed by atoms with Crippen molar-refractivity contribution in [2.24, 2.45) is 5.73 Å². The van der Waals surface area contributed by atoms with Crippen molar-refractivity contribution < 1.29 is 8.42 Å². The SMILES string of the molecule is CC(N)c1ccc(S(=O)(=O)Nc2cccnc2)cc1. The summed E-state index contributed by atoms with van der Waals surface area (Å²) in [5.41, 5.74) is 7.04. The maximum atomic E-state index is 12.1. The maximum absolute atomic E-state index is 12.1. The van der Waals surface area contributed by atoms with Gasteiger partial charge in [0.1, 0.15) is 0 Å². The molecule has 1 heterocycles. The van der Waals surface area contributed by atoms with Gasteiger partial charge >= 0.3 is 0 Å². The highest BCUT2D eigenvalue weighted by atomic mass is 32.2. The Labute approximate surface area is 112 Å². The van der Waals surface area contributed by atoms with Crippen LogP contribution >= 0.6 is 0 Å². The Bertz CT molecular complexity index is 637. The molecule has 1 aromatic carbocycles. The van der Waals surface area contributed by atoms with E-state index in [4.69, 9.17) is 5.73 Å². The molecule has 2 rings (SSSR count). The van der Waals surface area contributed by atoms with Crippen LogP contribution in [0.3, 0.4) is 0 Å². The van der Waals surface area contributed by atoms with E-state index in [1.165, 1.54) is 18.3 Å². The van der Waals surface area contributed by atoms with Gasteiger partial charge in [-0.3, -0.25) is 9.71 Å². The second kappa shape index (κ2) is 5.38. The molecule has 0 amide bonds. The Morgan fingerprint density at radius 3 is 2.42 bits per heavy atom. The number of pyridine rings is 1. The molecule has 0 aliphatic heterocycles. The summed E-state index contributed by atoms with van der Waals surface area (Å²) in [5.74, 6) is 0. The fraction of sp³-hybridized carbons (Fsp3) is 0.154. The number of benzene rings is 1. The highest BCUT2D eigenvalue weighted by Gasteiger charge is 2.14. The molecule has 0 bridgehead atoms. The van der Waals surface area contributed by atoms with E-state index in [-0.39, 0.29) is 10.9 Å². The Kier molecular flexibility index (Phi) is 3.82. The van der Waals surface area contributed by atoms with Gasteiger partial charge in [0.2, 0.25) is 0 Å². The minimum atomic E-state index is -3.59. The molecule has 0 saturated carbocycles. The van der Waals surface area contributed by atoms with E-state index in [0.717, 1.165) is 5.56 Å². The molecule has 5 nitrogen and oxygen atoms in total. The fourth-order valence-corrected chi connectivity index (χ4v) is 2.63. The highest BCUT2D eigenvalue weighted by molar-refractivity contribution is 7.92. The second-order valence-electron chi connectivity index (χ2n) is 4.20. The number of hydrogen-bond donors (Lipinski definition) is 2. The smallest absolute Gasteiger partial charge is 0.261 e. The van der Waals surface area contributed by atoms with Crippen molar-refractivity contribution in [3.63, 3.8) is 0 Å². The van der Waals surface area contributed by atoms with E-state index in [0.29, 0.717) is 5.69 Å². The molecular weight excluding hydrogens is 262 g/mol. The van der Waals surface area contributed by atoms with Gasteiger partial charge in [0, 0.05) is 12.2 Å². The molecule has 3 N–H and O–H groups in total. The first-order valence-corrected chi connectivity index (χ1v) is 7.26. The van der Waals surface area contributed by atoms with Gasteiger partial charge in [-0.1, -0.05) is 12.1 Å². The molecule has 0 aliphatic carbocycles. The fourth-order valence-electron chi connectivity index (χ4n) is 1.59. The van der Waals surface area contributed by atoms with E-state index in [1.54, 1.807) is 30.5 Å². The number of rotatable bonds is 4. The molecule has 2 aromatic rings. The zero-order valence-corrected chi connectivity index (χ0v) is 11.3. The predicted octanol–water partition coefficient (Wildman–Crippen LogP) is 1.90. The van der Waals surface area contributed by atoms with Crippen LogP contribution in [0.25, 0.3) is 0 Å². The second-order valence-corrected chi connectivity index (χ2v) is 5.89. The third kappa shape index (κ3) is 3.30. The van der Waals surface area contributed by atoms with E-state index in [2.05, 4.69) is 9.71 Å². The van der Waals surface area contributed by atoms with E-state index in [9.17, 15) is 8.42 Å². The number of sulfonamides is 1. The van der Waals surface area contributed by atoms with Crippen molar-refractivity contribution in [2.75, 3.05) is 4.72 Å². The number of aromatic nitrogens is 1. The first-order chi connectivity index (χ1) is 8.99. The van der Waals surface area contributed by atoms with Crippen LogP contribution in [0.1, 0.15) is 18.5 Å². The van der Waals surface area contributed by atoms with Crippen LogP contribution in [0.5, 0.6) is 0 Å². The molecule has 0 aliphatic rings. The summed E-state index contributed by atoms with van der Waals surface area (Å²) in [6, 6.07) is 9.68. The Balaban J connectivity index is 2.25. The number of hydrogen-bond acceptors (Lipinski definition) is 4. The standard InChI is InChI=1S/C13H15N3O2S/c1-10(14)11-4-6-13(7-5-11)19(17,18)16-12-3-2-8-15-9-12/h2-10,16H,14H2,1H3. The molecule has 19 heavy (non-hydrogen) atoms. The number of nitrogens with one attached hydrogen (secondary N) is 1. The quantitative estimate of drug-likeness (QED) is 0.893. The van der Waals surface area contributed by atoms with Crippen LogP contribution < -0.4 is 10.5 Å². The maximum Gasteiger partial charge on any atom is 0.261 e. The van der Waals surface area contributed by atoms with Gasteiger partial charge in [0.25, 0.3) is 10.0 Å². The topological polar surface area (TPSA) is 85.1 Å². The van der Waals surface area contributed by atoms with Gasteiger partial charge in [-0.2, -0.15) is 0 Å². The zero-order valence-electron chi connectivity index (χ0n) is 10.4. The molecule has 1 aromatic heterocycles. The molecule has 1 atom stereocenters. The highest BCUT2D eigenvalue weighted by Crippen LogP contribution is 2.17. The zero-order chi connectivity index (χ0) is 13.9. The van der Waals surface area contributed by atoms with Crippen LogP contribution in [-0.4, -0.2) is 13.4 Å². The summed E-state index contributed by atoms with van der Waals surface area (Å²) in [6.45, 7) is 1.84. The minimum Gasteiger partial charge on any atom is -0.324 e. The van der Waals surface area contributed by atoms with Crippen LogP contribution in [0.4, 0.5) is 5.69 Å². The van der Waals surface area contributed by atoms with Crippen LogP contribution in [0.15, 0.2) is 53.7 Å². The summed E-state index contributed by atoms with van der Waals surface area (Å²) in [5, 5.41) is 0. The lowest BCUT2D eigenvalue weighted by Crippen LogP contribution is -2.13. The van der Waals surface area contributed by atoms with E-state index >= 15 is 0 Å². The number of anilines is 1. The largest absolute Gasteiger partial charge is 0.324 e. The Morgan fingerprint density at radius 1 is 1.21 bits per heavy atom. The lowest BCUT2D eigenvalue weighted by atomic mass is 10.1. The molecule has 6 heteroatoms. The van der Waals surface area contributed by atoms with Gasteiger partial charge in [0.05, 0.1) is 16.8 Å². The number of nitrogens with zero attached hydrogens (tertiary/aromatic N) is 1. The minimum absolute atomic E-state index is 0.122. The van der Waals surface area contributed by atoms with Crippen molar-refractivity contribution in [3.8, 4) is 0 Å². The van der Waals surface area contributed by atoms with Gasteiger partial charge in [-0.25, -0.2) is 8.42 Å². The van der Waals surface area contributed by atoms with Crippen molar-refractivity contribution in [1.82, 2.24) is 4.98 Å². The molecular formula is C13H15N3O2S. The average Bonchev–Trinajstić information content (AvgIpc) is 2.39.